The highest BCUT2D eigenvalue weighted by atomic mass is 32.2. The maximum absolute atomic E-state index is 12.6. The number of hydrogen-bond acceptors (Lipinski definition) is 6. The number of carbonyl (C=O) groups is 1. The van der Waals surface area contributed by atoms with Gasteiger partial charge in [-0.2, -0.15) is 0 Å². The van der Waals surface area contributed by atoms with Crippen molar-refractivity contribution in [3.05, 3.63) is 96.1 Å². The van der Waals surface area contributed by atoms with E-state index in [1.54, 1.807) is 18.0 Å². The van der Waals surface area contributed by atoms with Crippen LogP contribution < -0.4 is 5.32 Å². The van der Waals surface area contributed by atoms with Crippen molar-refractivity contribution >= 4 is 40.3 Å². The maximum atomic E-state index is 12.6. The molecule has 0 radical (unpaired) electrons. The molecule has 1 aromatic heterocycles. The van der Waals surface area contributed by atoms with Crippen molar-refractivity contribution in [3.8, 4) is 11.1 Å². The van der Waals surface area contributed by atoms with Gasteiger partial charge < -0.3 is 5.32 Å². The number of amides is 1. The highest BCUT2D eigenvalue weighted by Gasteiger charge is 2.30. The number of anilines is 1. The fourth-order valence-electron chi connectivity index (χ4n) is 3.45. The molecule has 2 aliphatic heterocycles. The zero-order valence-corrected chi connectivity index (χ0v) is 19.5. The van der Waals surface area contributed by atoms with E-state index in [9.17, 15) is 4.79 Å². The molecule has 0 bridgehead atoms. The van der Waals surface area contributed by atoms with Gasteiger partial charge in [0.05, 0.1) is 22.1 Å². The molecule has 0 atom stereocenters. The van der Waals surface area contributed by atoms with Crippen LogP contribution in [0.5, 0.6) is 0 Å². The molecule has 0 unspecified atom stereocenters. The minimum absolute atomic E-state index is 0.0883. The lowest BCUT2D eigenvalue weighted by Crippen LogP contribution is -2.30. The Bertz CT molecular complexity index is 1130. The average Bonchev–Trinajstić information content (AvgIpc) is 3.28. The van der Waals surface area contributed by atoms with Crippen molar-refractivity contribution in [1.29, 1.82) is 0 Å². The second kappa shape index (κ2) is 10.1. The number of hydrogen-bond donors (Lipinski definition) is 1. The number of aromatic nitrogens is 1. The van der Waals surface area contributed by atoms with Gasteiger partial charge in [-0.25, -0.2) is 4.99 Å². The van der Waals surface area contributed by atoms with Gasteiger partial charge in [0.2, 0.25) is 5.91 Å². The Balaban J connectivity index is 1.42. The number of pyridine rings is 1. The highest BCUT2D eigenvalue weighted by Crippen LogP contribution is 2.43. The van der Waals surface area contributed by atoms with Gasteiger partial charge in [0.1, 0.15) is 0 Å². The number of thioether (sulfide) groups is 2. The topological polar surface area (TPSA) is 57.6 Å². The van der Waals surface area contributed by atoms with Crippen molar-refractivity contribution in [1.82, 2.24) is 9.88 Å². The van der Waals surface area contributed by atoms with Gasteiger partial charge in [-0.05, 0) is 42.3 Å². The monoisotopic (exact) mass is 460 g/mol. The van der Waals surface area contributed by atoms with Crippen molar-refractivity contribution in [3.63, 3.8) is 0 Å². The van der Waals surface area contributed by atoms with Gasteiger partial charge in [0, 0.05) is 36.0 Å². The largest absolute Gasteiger partial charge is 0.325 e. The van der Waals surface area contributed by atoms with Crippen molar-refractivity contribution in [2.45, 2.75) is 13.3 Å². The first-order chi connectivity index (χ1) is 15.6. The van der Waals surface area contributed by atoms with Crippen molar-refractivity contribution < 1.29 is 4.79 Å². The minimum atomic E-state index is -0.0883. The van der Waals surface area contributed by atoms with Crippen LogP contribution in [-0.2, 0) is 4.79 Å². The minimum Gasteiger partial charge on any atom is -0.325 e. The molecular weight excluding hydrogens is 436 g/mol. The van der Waals surface area contributed by atoms with Gasteiger partial charge in [-0.15, -0.1) is 11.8 Å². The summed E-state index contributed by atoms with van der Waals surface area (Å²) >= 11 is 3.17. The first kappa shape index (κ1) is 22.2. The van der Waals surface area contributed by atoms with Gasteiger partial charge in [0.15, 0.2) is 5.17 Å². The number of rotatable bonds is 6. The predicted octanol–water partition coefficient (Wildman–Crippen LogP) is 6.04. The van der Waals surface area contributed by atoms with Gasteiger partial charge in [-0.3, -0.25) is 14.7 Å². The second-order valence-electron chi connectivity index (χ2n) is 7.20. The van der Waals surface area contributed by atoms with Crippen LogP contribution in [0.3, 0.4) is 0 Å². The Hall–Kier alpha value is -3.03. The Morgan fingerprint density at radius 2 is 2.09 bits per heavy atom. The van der Waals surface area contributed by atoms with Gasteiger partial charge in [0.25, 0.3) is 0 Å². The lowest BCUT2D eigenvalue weighted by atomic mass is 10.1. The lowest BCUT2D eigenvalue weighted by Gasteiger charge is -2.31. The Morgan fingerprint density at radius 3 is 2.81 bits per heavy atom. The molecule has 162 valence electrons. The number of amidine groups is 1. The summed E-state index contributed by atoms with van der Waals surface area (Å²) in [5, 5.41) is 3.70. The normalized spacial score (nSPS) is 15.7. The molecule has 1 N–H and O–H groups in total. The van der Waals surface area contributed by atoms with Crippen molar-refractivity contribution in [2.24, 2.45) is 4.99 Å². The summed E-state index contributed by atoms with van der Waals surface area (Å²) < 4.78 is 0. The van der Waals surface area contributed by atoms with Crippen LogP contribution in [0.2, 0.25) is 0 Å². The number of nitrogens with one attached hydrogen (secondary N) is 1. The smallest absolute Gasteiger partial charge is 0.234 e. The number of carbonyl (C=O) groups excluding carboxylic acids is 1. The summed E-state index contributed by atoms with van der Waals surface area (Å²) in [6.45, 7) is 10.4. The average molecular weight is 461 g/mol. The van der Waals surface area contributed by atoms with E-state index in [2.05, 4.69) is 23.5 Å². The van der Waals surface area contributed by atoms with E-state index >= 15 is 0 Å². The van der Waals surface area contributed by atoms with Crippen LogP contribution >= 0.6 is 23.5 Å². The van der Waals surface area contributed by atoms with Gasteiger partial charge in [-0.1, -0.05) is 49.2 Å². The molecule has 2 aromatic rings. The fraction of sp³-hybridized carbons (Fsp3) is 0.160. The summed E-state index contributed by atoms with van der Waals surface area (Å²) in [5.41, 5.74) is 5.57. The number of nitrogens with zero attached hydrogens (tertiary/aromatic N) is 3. The molecule has 1 aromatic carbocycles. The summed E-state index contributed by atoms with van der Waals surface area (Å²) in [6.07, 6.45) is 8.35. The maximum Gasteiger partial charge on any atom is 0.234 e. The van der Waals surface area contributed by atoms with E-state index in [1.807, 2.05) is 66.6 Å². The Labute approximate surface area is 197 Å². The molecule has 0 fully saturated rings. The zero-order valence-electron chi connectivity index (χ0n) is 17.9. The quantitative estimate of drug-likeness (QED) is 0.532. The van der Waals surface area contributed by atoms with Crippen LogP contribution in [-0.4, -0.2) is 32.5 Å². The molecule has 32 heavy (non-hydrogen) atoms. The van der Waals surface area contributed by atoms with E-state index in [1.165, 1.54) is 11.8 Å². The summed E-state index contributed by atoms with van der Waals surface area (Å²) in [4.78, 5) is 24.7. The molecule has 5 nitrogen and oxygen atoms in total. The Morgan fingerprint density at radius 1 is 1.28 bits per heavy atom. The van der Waals surface area contributed by atoms with Gasteiger partial charge >= 0.3 is 0 Å². The second-order valence-corrected chi connectivity index (χ2v) is 9.25. The molecular formula is C25H24N4OS2. The molecule has 1 amide bonds. The molecule has 0 aliphatic carbocycles. The zero-order chi connectivity index (χ0) is 22.5. The van der Waals surface area contributed by atoms with Crippen LogP contribution in [0.4, 0.5) is 5.69 Å². The van der Waals surface area contributed by atoms with Crippen LogP contribution in [0.15, 0.2) is 101 Å². The summed E-state index contributed by atoms with van der Waals surface area (Å²) in [5.74, 6) is 1.16. The number of aliphatic imine (C=N–C) groups is 1. The highest BCUT2D eigenvalue weighted by molar-refractivity contribution is 8.14. The number of allylic oxidation sites excluding steroid dienone is 3. The van der Waals surface area contributed by atoms with E-state index in [-0.39, 0.29) is 11.7 Å². The SMILES string of the molecule is C=C(C=CC)N1C(=C)C2=C(CCS2)N=C1SCC(=O)Nc1ccc(-c2cccnc2)cc1. The summed E-state index contributed by atoms with van der Waals surface area (Å²) in [7, 11) is 0. The van der Waals surface area contributed by atoms with E-state index in [0.29, 0.717) is 0 Å². The summed E-state index contributed by atoms with van der Waals surface area (Å²) in [6, 6.07) is 11.7. The first-order valence-corrected chi connectivity index (χ1v) is 12.2. The third-order valence-corrected chi connectivity index (χ3v) is 7.05. The van der Waals surface area contributed by atoms with E-state index < -0.39 is 0 Å². The molecule has 7 heteroatoms. The lowest BCUT2D eigenvalue weighted by molar-refractivity contribution is -0.113. The molecule has 2 aliphatic rings. The molecule has 4 rings (SSSR count). The van der Waals surface area contributed by atoms with E-state index in [0.717, 1.165) is 56.2 Å². The Kier molecular flexibility index (Phi) is 6.97. The predicted molar refractivity (Wildman–Crippen MR) is 137 cm³/mol. The third-order valence-electron chi connectivity index (χ3n) is 4.94. The van der Waals surface area contributed by atoms with Crippen LogP contribution in [0, 0.1) is 0 Å². The molecule has 0 spiro atoms. The standard InChI is InChI=1S/C25H24N4OS2/c1-4-6-17(2)29-18(3)24-22(12-14-31-24)28-25(29)32-16-23(30)27-21-10-8-19(9-11-21)20-7-5-13-26-15-20/h4-11,13,15H,2-3,12,14,16H2,1H3,(H,27,30). The molecule has 0 saturated carbocycles. The van der Waals surface area contributed by atoms with E-state index in [4.69, 9.17) is 4.99 Å². The fourth-order valence-corrected chi connectivity index (χ4v) is 5.39. The third kappa shape index (κ3) is 4.89. The molecule has 0 saturated heterocycles. The van der Waals surface area contributed by atoms with Crippen LogP contribution in [0.25, 0.3) is 11.1 Å². The van der Waals surface area contributed by atoms with Crippen molar-refractivity contribution in [2.75, 3.05) is 16.8 Å². The molecule has 3 heterocycles. The van der Waals surface area contributed by atoms with Crippen LogP contribution in [0.1, 0.15) is 13.3 Å². The number of benzene rings is 1. The first-order valence-electron chi connectivity index (χ1n) is 10.3.